The number of fused-ring (bicyclic) bond motifs is 1. The first-order valence-corrected chi connectivity index (χ1v) is 8.25. The Kier molecular flexibility index (Phi) is 4.72. The highest BCUT2D eigenvalue weighted by molar-refractivity contribution is 5.72. The number of hydrogen-bond acceptors (Lipinski definition) is 3. The Bertz CT molecular complexity index is 787. The van der Waals surface area contributed by atoms with Crippen LogP contribution in [-0.2, 0) is 19.4 Å². The van der Waals surface area contributed by atoms with Crippen molar-refractivity contribution in [1.82, 2.24) is 14.5 Å². The molecule has 0 amide bonds. The van der Waals surface area contributed by atoms with Crippen LogP contribution in [-0.4, -0.2) is 21.1 Å². The second-order valence-corrected chi connectivity index (χ2v) is 6.16. The van der Waals surface area contributed by atoms with Crippen LogP contribution >= 0.6 is 0 Å². The van der Waals surface area contributed by atoms with Gasteiger partial charge in [-0.2, -0.15) is 0 Å². The maximum atomic E-state index is 5.69. The van der Waals surface area contributed by atoms with E-state index in [1.165, 1.54) is 11.1 Å². The number of rotatable bonds is 6. The van der Waals surface area contributed by atoms with Crippen molar-refractivity contribution in [1.29, 1.82) is 0 Å². The van der Waals surface area contributed by atoms with Gasteiger partial charge in [-0.3, -0.25) is 0 Å². The summed E-state index contributed by atoms with van der Waals surface area (Å²) in [5, 5.41) is 0. The van der Waals surface area contributed by atoms with Crippen molar-refractivity contribution >= 4 is 11.2 Å². The molecule has 0 radical (unpaired) electrons. The van der Waals surface area contributed by atoms with Crippen LogP contribution in [0.5, 0.6) is 0 Å². The van der Waals surface area contributed by atoms with Gasteiger partial charge in [0.15, 0.2) is 5.65 Å². The SMILES string of the molecule is Cc1ccc(CCc2nc3cc(C)cnc3n2CCCN)cc1. The summed E-state index contributed by atoms with van der Waals surface area (Å²) in [4.78, 5) is 9.40. The maximum Gasteiger partial charge on any atom is 0.160 e. The lowest BCUT2D eigenvalue weighted by Gasteiger charge is -2.08. The number of hydrogen-bond donors (Lipinski definition) is 1. The predicted molar refractivity (Wildman–Crippen MR) is 94.5 cm³/mol. The highest BCUT2D eigenvalue weighted by Gasteiger charge is 2.12. The third-order valence-electron chi connectivity index (χ3n) is 4.14. The average molecular weight is 308 g/mol. The van der Waals surface area contributed by atoms with Crippen LogP contribution in [0, 0.1) is 13.8 Å². The molecule has 0 fully saturated rings. The number of imidazole rings is 1. The van der Waals surface area contributed by atoms with Gasteiger partial charge in [0.1, 0.15) is 11.3 Å². The molecule has 1 aromatic carbocycles. The molecule has 0 spiro atoms. The summed E-state index contributed by atoms with van der Waals surface area (Å²) < 4.78 is 2.23. The number of nitrogens with two attached hydrogens (primary N) is 1. The number of pyridine rings is 1. The largest absolute Gasteiger partial charge is 0.330 e. The molecule has 0 saturated heterocycles. The summed E-state index contributed by atoms with van der Waals surface area (Å²) in [5.41, 5.74) is 11.4. The summed E-state index contributed by atoms with van der Waals surface area (Å²) >= 11 is 0. The molecule has 120 valence electrons. The van der Waals surface area contributed by atoms with E-state index in [9.17, 15) is 0 Å². The first-order valence-electron chi connectivity index (χ1n) is 8.25. The molecule has 3 aromatic rings. The first kappa shape index (κ1) is 15.7. The predicted octanol–water partition coefficient (Wildman–Crippen LogP) is 3.18. The van der Waals surface area contributed by atoms with Crippen molar-refractivity contribution in [3.05, 3.63) is 59.0 Å². The number of nitrogens with zero attached hydrogens (tertiary/aromatic N) is 3. The molecular formula is C19H24N4. The first-order chi connectivity index (χ1) is 11.2. The van der Waals surface area contributed by atoms with Crippen molar-refractivity contribution in [3.8, 4) is 0 Å². The van der Waals surface area contributed by atoms with E-state index in [-0.39, 0.29) is 0 Å². The van der Waals surface area contributed by atoms with Gasteiger partial charge in [-0.25, -0.2) is 9.97 Å². The molecule has 4 nitrogen and oxygen atoms in total. The second kappa shape index (κ2) is 6.92. The molecule has 0 aliphatic heterocycles. The molecule has 2 aromatic heterocycles. The fourth-order valence-electron chi connectivity index (χ4n) is 2.84. The Morgan fingerprint density at radius 1 is 1.04 bits per heavy atom. The molecule has 0 unspecified atom stereocenters. The molecule has 0 bridgehead atoms. The van der Waals surface area contributed by atoms with E-state index in [4.69, 9.17) is 10.7 Å². The van der Waals surface area contributed by atoms with Gasteiger partial charge in [0, 0.05) is 19.2 Å². The number of benzene rings is 1. The minimum atomic E-state index is 0.683. The topological polar surface area (TPSA) is 56.7 Å². The Balaban J connectivity index is 1.87. The van der Waals surface area contributed by atoms with Crippen LogP contribution in [0.25, 0.3) is 11.2 Å². The molecular weight excluding hydrogens is 284 g/mol. The smallest absolute Gasteiger partial charge is 0.160 e. The average Bonchev–Trinajstić information content (AvgIpc) is 2.89. The van der Waals surface area contributed by atoms with Gasteiger partial charge in [0.25, 0.3) is 0 Å². The Morgan fingerprint density at radius 3 is 2.57 bits per heavy atom. The highest BCUT2D eigenvalue weighted by atomic mass is 15.1. The zero-order valence-electron chi connectivity index (χ0n) is 13.9. The third-order valence-corrected chi connectivity index (χ3v) is 4.14. The minimum Gasteiger partial charge on any atom is -0.330 e. The van der Waals surface area contributed by atoms with Crippen molar-refractivity contribution in [2.75, 3.05) is 6.54 Å². The Morgan fingerprint density at radius 2 is 1.83 bits per heavy atom. The van der Waals surface area contributed by atoms with Crippen LogP contribution in [0.4, 0.5) is 0 Å². The lowest BCUT2D eigenvalue weighted by Crippen LogP contribution is -2.10. The van der Waals surface area contributed by atoms with E-state index >= 15 is 0 Å². The summed E-state index contributed by atoms with van der Waals surface area (Å²) in [5.74, 6) is 1.10. The van der Waals surface area contributed by atoms with E-state index < -0.39 is 0 Å². The second-order valence-electron chi connectivity index (χ2n) is 6.16. The van der Waals surface area contributed by atoms with E-state index in [0.717, 1.165) is 48.4 Å². The zero-order valence-corrected chi connectivity index (χ0v) is 13.9. The van der Waals surface area contributed by atoms with Crippen molar-refractivity contribution in [2.45, 2.75) is 39.7 Å². The molecule has 0 atom stereocenters. The molecule has 3 rings (SSSR count). The van der Waals surface area contributed by atoms with Crippen molar-refractivity contribution in [3.63, 3.8) is 0 Å². The molecule has 2 N–H and O–H groups in total. The van der Waals surface area contributed by atoms with Crippen molar-refractivity contribution in [2.24, 2.45) is 5.73 Å². The van der Waals surface area contributed by atoms with E-state index in [1.54, 1.807) is 0 Å². The van der Waals surface area contributed by atoms with Crippen molar-refractivity contribution < 1.29 is 0 Å². The molecule has 4 heteroatoms. The Labute approximate surface area is 137 Å². The van der Waals surface area contributed by atoms with Gasteiger partial charge in [-0.1, -0.05) is 29.8 Å². The van der Waals surface area contributed by atoms with Crippen LogP contribution in [0.1, 0.15) is 28.9 Å². The van der Waals surface area contributed by atoms with Crippen LogP contribution in [0.2, 0.25) is 0 Å². The third kappa shape index (κ3) is 3.59. The van der Waals surface area contributed by atoms with Crippen LogP contribution < -0.4 is 5.73 Å². The fourth-order valence-corrected chi connectivity index (χ4v) is 2.84. The van der Waals surface area contributed by atoms with Gasteiger partial charge >= 0.3 is 0 Å². The molecule has 0 aliphatic carbocycles. The monoisotopic (exact) mass is 308 g/mol. The van der Waals surface area contributed by atoms with E-state index in [2.05, 4.69) is 53.7 Å². The van der Waals surface area contributed by atoms with Gasteiger partial charge in [0.05, 0.1) is 0 Å². The molecule has 0 saturated carbocycles. The summed E-state index contributed by atoms with van der Waals surface area (Å²) in [7, 11) is 0. The zero-order chi connectivity index (χ0) is 16.2. The molecule has 2 heterocycles. The van der Waals surface area contributed by atoms with Gasteiger partial charge in [0.2, 0.25) is 0 Å². The van der Waals surface area contributed by atoms with Gasteiger partial charge < -0.3 is 10.3 Å². The quantitative estimate of drug-likeness (QED) is 0.761. The summed E-state index contributed by atoms with van der Waals surface area (Å²) in [6, 6.07) is 10.8. The molecule has 23 heavy (non-hydrogen) atoms. The van der Waals surface area contributed by atoms with E-state index in [1.807, 2.05) is 6.20 Å². The van der Waals surface area contributed by atoms with Gasteiger partial charge in [-0.05, 0) is 50.4 Å². The van der Waals surface area contributed by atoms with Crippen LogP contribution in [0.3, 0.4) is 0 Å². The number of aryl methyl sites for hydroxylation is 5. The summed E-state index contributed by atoms with van der Waals surface area (Å²) in [6.45, 7) is 5.73. The van der Waals surface area contributed by atoms with Crippen LogP contribution in [0.15, 0.2) is 36.5 Å². The molecule has 0 aliphatic rings. The Hall–Kier alpha value is -2.20. The highest BCUT2D eigenvalue weighted by Crippen LogP contribution is 2.17. The fraction of sp³-hybridized carbons (Fsp3) is 0.368. The minimum absolute atomic E-state index is 0.683. The maximum absolute atomic E-state index is 5.69. The normalized spacial score (nSPS) is 11.3. The summed E-state index contributed by atoms with van der Waals surface area (Å²) in [6.07, 6.45) is 4.76. The lowest BCUT2D eigenvalue weighted by atomic mass is 10.1. The number of aromatic nitrogens is 3. The standard InChI is InChI=1S/C19H24N4/c1-14-4-6-16(7-5-14)8-9-18-22-17-12-15(2)13-21-19(17)23(18)11-3-10-20/h4-7,12-13H,3,8-11,20H2,1-2H3. The lowest BCUT2D eigenvalue weighted by molar-refractivity contribution is 0.624. The van der Waals surface area contributed by atoms with E-state index in [0.29, 0.717) is 6.54 Å². The van der Waals surface area contributed by atoms with Gasteiger partial charge in [-0.15, -0.1) is 0 Å².